The second-order valence-electron chi connectivity index (χ2n) is 4.75. The molecule has 0 aromatic heterocycles. The van der Waals surface area contributed by atoms with Crippen LogP contribution in [0.4, 0.5) is 4.79 Å². The SMILES string of the molecule is O=C1CN(C(=O)NN2CCCCC2)C(C(=O)O)CN1. The highest BCUT2D eigenvalue weighted by Crippen LogP contribution is 2.09. The number of carboxylic acid groups (broad SMARTS) is 1. The van der Waals surface area contributed by atoms with Gasteiger partial charge in [-0.05, 0) is 12.8 Å². The topological polar surface area (TPSA) is 102 Å². The van der Waals surface area contributed by atoms with Crippen LogP contribution in [-0.4, -0.2) is 65.1 Å². The Bertz CT molecular complexity index is 381. The van der Waals surface area contributed by atoms with E-state index in [-0.39, 0.29) is 19.0 Å². The molecule has 0 bridgehead atoms. The molecule has 1 atom stereocenters. The van der Waals surface area contributed by atoms with Crippen LogP contribution in [0.25, 0.3) is 0 Å². The van der Waals surface area contributed by atoms with E-state index in [0.29, 0.717) is 0 Å². The van der Waals surface area contributed by atoms with E-state index >= 15 is 0 Å². The fourth-order valence-electron chi connectivity index (χ4n) is 2.28. The standard InChI is InChI=1S/C11H18N4O4/c16-9-7-15(8(6-12-9)10(17)18)11(19)13-14-4-2-1-3-5-14/h8H,1-7H2,(H,12,16)(H,13,19)(H,17,18). The van der Waals surface area contributed by atoms with Gasteiger partial charge in [-0.15, -0.1) is 0 Å². The maximum absolute atomic E-state index is 12.1. The van der Waals surface area contributed by atoms with Crippen LogP contribution in [0, 0.1) is 0 Å². The lowest BCUT2D eigenvalue weighted by molar-refractivity contribution is -0.144. The van der Waals surface area contributed by atoms with Crippen molar-refractivity contribution in [3.8, 4) is 0 Å². The molecule has 1 unspecified atom stereocenters. The first-order chi connectivity index (χ1) is 9.08. The fourth-order valence-corrected chi connectivity index (χ4v) is 2.28. The third kappa shape index (κ3) is 3.34. The molecule has 8 heteroatoms. The van der Waals surface area contributed by atoms with Gasteiger partial charge in [-0.1, -0.05) is 6.42 Å². The molecule has 3 amide bonds. The van der Waals surface area contributed by atoms with E-state index in [9.17, 15) is 14.4 Å². The smallest absolute Gasteiger partial charge is 0.333 e. The van der Waals surface area contributed by atoms with Gasteiger partial charge in [0.15, 0.2) is 0 Å². The maximum Gasteiger partial charge on any atom is 0.333 e. The van der Waals surface area contributed by atoms with Gasteiger partial charge in [0.2, 0.25) is 5.91 Å². The second-order valence-corrected chi connectivity index (χ2v) is 4.75. The zero-order valence-corrected chi connectivity index (χ0v) is 10.6. The average Bonchev–Trinajstić information content (AvgIpc) is 2.39. The van der Waals surface area contributed by atoms with Gasteiger partial charge in [-0.3, -0.25) is 15.1 Å². The molecule has 2 saturated heterocycles. The summed E-state index contributed by atoms with van der Waals surface area (Å²) in [6.45, 7) is 1.23. The van der Waals surface area contributed by atoms with Crippen molar-refractivity contribution >= 4 is 17.9 Å². The molecule has 106 valence electrons. The fraction of sp³-hybridized carbons (Fsp3) is 0.727. The summed E-state index contributed by atoms with van der Waals surface area (Å²) >= 11 is 0. The Balaban J connectivity index is 1.97. The van der Waals surface area contributed by atoms with Crippen LogP contribution in [0.5, 0.6) is 0 Å². The molecule has 0 aliphatic carbocycles. The summed E-state index contributed by atoms with van der Waals surface area (Å²) in [5, 5.41) is 13.3. The summed E-state index contributed by atoms with van der Waals surface area (Å²) in [5.41, 5.74) is 2.67. The van der Waals surface area contributed by atoms with Crippen LogP contribution in [0.3, 0.4) is 0 Å². The predicted octanol–water partition coefficient (Wildman–Crippen LogP) is -1.02. The van der Waals surface area contributed by atoms with Crippen molar-refractivity contribution in [1.29, 1.82) is 0 Å². The minimum Gasteiger partial charge on any atom is -0.480 e. The number of hydrazine groups is 1. The molecule has 0 saturated carbocycles. The van der Waals surface area contributed by atoms with Gasteiger partial charge in [0.25, 0.3) is 0 Å². The lowest BCUT2D eigenvalue weighted by Crippen LogP contribution is -2.63. The first kappa shape index (κ1) is 13.6. The number of aliphatic carboxylic acids is 1. The first-order valence-corrected chi connectivity index (χ1v) is 6.39. The van der Waals surface area contributed by atoms with Crippen molar-refractivity contribution < 1.29 is 19.5 Å². The highest BCUT2D eigenvalue weighted by Gasteiger charge is 2.35. The minimum atomic E-state index is -1.12. The number of piperidine rings is 1. The van der Waals surface area contributed by atoms with Crippen LogP contribution in [0.1, 0.15) is 19.3 Å². The Morgan fingerprint density at radius 1 is 1.26 bits per heavy atom. The van der Waals surface area contributed by atoms with E-state index < -0.39 is 18.0 Å². The third-order valence-corrected chi connectivity index (χ3v) is 3.34. The lowest BCUT2D eigenvalue weighted by atomic mass is 10.2. The van der Waals surface area contributed by atoms with Gasteiger partial charge >= 0.3 is 12.0 Å². The number of urea groups is 1. The van der Waals surface area contributed by atoms with Gasteiger partial charge in [-0.2, -0.15) is 0 Å². The molecule has 19 heavy (non-hydrogen) atoms. The Hall–Kier alpha value is -1.83. The molecule has 2 heterocycles. The summed E-state index contributed by atoms with van der Waals surface area (Å²) < 4.78 is 0. The van der Waals surface area contributed by atoms with E-state index in [1.807, 2.05) is 0 Å². The molecule has 2 rings (SSSR count). The molecule has 3 N–H and O–H groups in total. The molecule has 8 nitrogen and oxygen atoms in total. The molecule has 0 spiro atoms. The molecule has 0 aromatic rings. The Morgan fingerprint density at radius 2 is 1.95 bits per heavy atom. The van der Waals surface area contributed by atoms with Crippen LogP contribution in [0.2, 0.25) is 0 Å². The summed E-state index contributed by atoms with van der Waals surface area (Å²) in [6, 6.07) is -1.54. The number of hydrogen-bond acceptors (Lipinski definition) is 4. The van der Waals surface area contributed by atoms with E-state index in [1.165, 1.54) is 0 Å². The summed E-state index contributed by atoms with van der Waals surface area (Å²) in [6.07, 6.45) is 3.14. The van der Waals surface area contributed by atoms with Crippen molar-refractivity contribution in [3.63, 3.8) is 0 Å². The monoisotopic (exact) mass is 270 g/mol. The molecule has 0 radical (unpaired) electrons. The summed E-state index contributed by atoms with van der Waals surface area (Å²) in [5.74, 6) is -1.46. The van der Waals surface area contributed by atoms with Crippen molar-refractivity contribution in [2.75, 3.05) is 26.2 Å². The van der Waals surface area contributed by atoms with Crippen molar-refractivity contribution in [1.82, 2.24) is 20.7 Å². The molecule has 2 fully saturated rings. The second kappa shape index (κ2) is 5.87. The number of carboxylic acids is 1. The lowest BCUT2D eigenvalue weighted by Gasteiger charge is -2.35. The van der Waals surface area contributed by atoms with Gasteiger partial charge in [0.05, 0.1) is 0 Å². The molecule has 2 aliphatic heterocycles. The van der Waals surface area contributed by atoms with E-state index in [4.69, 9.17) is 5.11 Å². The zero-order chi connectivity index (χ0) is 13.8. The highest BCUT2D eigenvalue weighted by atomic mass is 16.4. The largest absolute Gasteiger partial charge is 0.480 e. The van der Waals surface area contributed by atoms with Crippen LogP contribution in [-0.2, 0) is 9.59 Å². The van der Waals surface area contributed by atoms with E-state index in [2.05, 4.69) is 10.7 Å². The number of hydrogen-bond donors (Lipinski definition) is 3. The van der Waals surface area contributed by atoms with Crippen LogP contribution < -0.4 is 10.7 Å². The van der Waals surface area contributed by atoms with Gasteiger partial charge in [0.1, 0.15) is 12.6 Å². The number of amides is 3. The van der Waals surface area contributed by atoms with Gasteiger partial charge in [-0.25, -0.2) is 14.6 Å². The summed E-state index contributed by atoms with van der Waals surface area (Å²) in [7, 11) is 0. The number of nitrogens with zero attached hydrogens (tertiary/aromatic N) is 2. The first-order valence-electron chi connectivity index (χ1n) is 6.39. The zero-order valence-electron chi connectivity index (χ0n) is 10.6. The molecular weight excluding hydrogens is 252 g/mol. The predicted molar refractivity (Wildman–Crippen MR) is 65.1 cm³/mol. The Labute approximate surface area is 110 Å². The minimum absolute atomic E-state index is 0.0540. The van der Waals surface area contributed by atoms with Crippen molar-refractivity contribution in [3.05, 3.63) is 0 Å². The molecular formula is C11H18N4O4. The number of carbonyl (C=O) groups excluding carboxylic acids is 2. The van der Waals surface area contributed by atoms with Gasteiger partial charge in [0, 0.05) is 19.6 Å². The Morgan fingerprint density at radius 3 is 2.58 bits per heavy atom. The number of carbonyl (C=O) groups is 3. The van der Waals surface area contributed by atoms with E-state index in [0.717, 1.165) is 37.3 Å². The number of piperazine rings is 1. The van der Waals surface area contributed by atoms with E-state index in [1.54, 1.807) is 5.01 Å². The normalized spacial score (nSPS) is 24.7. The molecule has 0 aromatic carbocycles. The average molecular weight is 270 g/mol. The van der Waals surface area contributed by atoms with Crippen LogP contribution in [0.15, 0.2) is 0 Å². The van der Waals surface area contributed by atoms with Crippen LogP contribution >= 0.6 is 0 Å². The molecule has 2 aliphatic rings. The van der Waals surface area contributed by atoms with Gasteiger partial charge < -0.3 is 10.4 Å². The number of nitrogens with one attached hydrogen (secondary N) is 2. The Kier molecular flexibility index (Phi) is 4.20. The highest BCUT2D eigenvalue weighted by molar-refractivity contribution is 5.90. The third-order valence-electron chi connectivity index (χ3n) is 3.34. The van der Waals surface area contributed by atoms with Crippen molar-refractivity contribution in [2.24, 2.45) is 0 Å². The van der Waals surface area contributed by atoms with Crippen molar-refractivity contribution in [2.45, 2.75) is 25.3 Å². The maximum atomic E-state index is 12.1. The quantitative estimate of drug-likeness (QED) is 0.596. The summed E-state index contributed by atoms with van der Waals surface area (Å²) in [4.78, 5) is 35.5. The number of rotatable bonds is 2.